The third-order valence-electron chi connectivity index (χ3n) is 2.65. The van der Waals surface area contributed by atoms with Gasteiger partial charge in [0.25, 0.3) is 5.69 Å². The minimum absolute atomic E-state index is 0.213. The van der Waals surface area contributed by atoms with Gasteiger partial charge in [0.05, 0.1) is 11.0 Å². The normalized spacial score (nSPS) is 10.1. The molecule has 102 valence electrons. The van der Waals surface area contributed by atoms with Crippen LogP contribution < -0.4 is 4.74 Å². The van der Waals surface area contributed by atoms with Gasteiger partial charge in [-0.05, 0) is 31.2 Å². The quantitative estimate of drug-likeness (QED) is 0.681. The minimum atomic E-state index is -1.35. The molecule has 1 N–H and O–H groups in total. The number of nitro groups is 1. The Labute approximate surface area is 114 Å². The Morgan fingerprint density at radius 2 is 1.75 bits per heavy atom. The number of nitro benzene ring substituents is 1. The van der Waals surface area contributed by atoms with E-state index < -0.39 is 16.6 Å². The van der Waals surface area contributed by atoms with Crippen LogP contribution in [-0.2, 0) is 0 Å². The van der Waals surface area contributed by atoms with Crippen LogP contribution in [0.3, 0.4) is 0 Å². The standard InChI is InChI=1S/C14H11NO5/c1-9-2-4-10(5-3-9)20-11-6-7-12(14(16)17)13(8-11)15(18)19/h2-8H,1H3,(H,16,17). The summed E-state index contributed by atoms with van der Waals surface area (Å²) in [5.41, 5.74) is 0.193. The highest BCUT2D eigenvalue weighted by molar-refractivity contribution is 5.92. The average molecular weight is 273 g/mol. The fourth-order valence-electron chi connectivity index (χ4n) is 1.65. The van der Waals surface area contributed by atoms with Crippen LogP contribution >= 0.6 is 0 Å². The number of ether oxygens (including phenoxy) is 1. The van der Waals surface area contributed by atoms with Crippen LogP contribution in [0.5, 0.6) is 11.5 Å². The van der Waals surface area contributed by atoms with Gasteiger partial charge in [0.2, 0.25) is 0 Å². The Morgan fingerprint density at radius 3 is 2.30 bits per heavy atom. The van der Waals surface area contributed by atoms with Crippen LogP contribution in [0.1, 0.15) is 15.9 Å². The Kier molecular flexibility index (Phi) is 3.65. The molecule has 0 spiro atoms. The molecule has 6 nitrogen and oxygen atoms in total. The van der Waals surface area contributed by atoms with Gasteiger partial charge in [-0.3, -0.25) is 10.1 Å². The molecule has 0 unspecified atom stereocenters. The number of carbonyl (C=O) groups is 1. The molecule has 0 radical (unpaired) electrons. The van der Waals surface area contributed by atoms with Crippen molar-refractivity contribution in [2.24, 2.45) is 0 Å². The number of aryl methyl sites for hydroxylation is 1. The monoisotopic (exact) mass is 273 g/mol. The van der Waals surface area contributed by atoms with Crippen molar-refractivity contribution in [2.45, 2.75) is 6.92 Å². The Morgan fingerprint density at radius 1 is 1.15 bits per heavy atom. The number of rotatable bonds is 4. The molecular weight excluding hydrogens is 262 g/mol. The highest BCUT2D eigenvalue weighted by atomic mass is 16.6. The molecule has 2 rings (SSSR count). The van der Waals surface area contributed by atoms with Crippen LogP contribution in [0.2, 0.25) is 0 Å². The molecule has 2 aromatic rings. The van der Waals surface area contributed by atoms with Gasteiger partial charge in [0.1, 0.15) is 17.1 Å². The van der Waals surface area contributed by atoms with E-state index in [9.17, 15) is 14.9 Å². The molecule has 0 fully saturated rings. The van der Waals surface area contributed by atoms with Crippen LogP contribution in [0.15, 0.2) is 42.5 Å². The molecule has 0 atom stereocenters. The largest absolute Gasteiger partial charge is 0.477 e. The lowest BCUT2D eigenvalue weighted by molar-refractivity contribution is -0.385. The molecule has 2 aromatic carbocycles. The van der Waals surface area contributed by atoms with Gasteiger partial charge in [-0.1, -0.05) is 17.7 Å². The predicted octanol–water partition coefficient (Wildman–Crippen LogP) is 3.39. The molecule has 6 heteroatoms. The third kappa shape index (κ3) is 2.92. The van der Waals surface area contributed by atoms with E-state index in [4.69, 9.17) is 9.84 Å². The summed E-state index contributed by atoms with van der Waals surface area (Å²) < 4.78 is 5.46. The molecule has 0 aliphatic carbocycles. The summed E-state index contributed by atoms with van der Waals surface area (Å²) in [5, 5.41) is 19.7. The van der Waals surface area contributed by atoms with Gasteiger partial charge in [0.15, 0.2) is 0 Å². The number of carboxylic acids is 1. The lowest BCUT2D eigenvalue weighted by Gasteiger charge is -2.06. The van der Waals surface area contributed by atoms with E-state index in [1.54, 1.807) is 12.1 Å². The number of nitrogens with zero attached hydrogens (tertiary/aromatic N) is 1. The molecule has 0 amide bonds. The van der Waals surface area contributed by atoms with Crippen LogP contribution in [0.4, 0.5) is 5.69 Å². The first-order valence-corrected chi connectivity index (χ1v) is 5.73. The second kappa shape index (κ2) is 5.40. The van der Waals surface area contributed by atoms with Crippen LogP contribution in [0, 0.1) is 17.0 Å². The molecule has 0 heterocycles. The SMILES string of the molecule is Cc1ccc(Oc2ccc(C(=O)O)c([N+](=O)[O-])c2)cc1. The Balaban J connectivity index is 2.34. The zero-order valence-electron chi connectivity index (χ0n) is 10.6. The van der Waals surface area contributed by atoms with Gasteiger partial charge in [-0.25, -0.2) is 4.79 Å². The number of hydrogen-bond donors (Lipinski definition) is 1. The highest BCUT2D eigenvalue weighted by Crippen LogP contribution is 2.28. The maximum atomic E-state index is 10.9. The summed E-state index contributed by atoms with van der Waals surface area (Å²) in [5.74, 6) is -0.614. The first kappa shape index (κ1) is 13.5. The highest BCUT2D eigenvalue weighted by Gasteiger charge is 2.20. The zero-order chi connectivity index (χ0) is 14.7. The Bertz CT molecular complexity index is 664. The fraction of sp³-hybridized carbons (Fsp3) is 0.0714. The molecular formula is C14H11NO5. The number of carboxylic acid groups (broad SMARTS) is 1. The fourth-order valence-corrected chi connectivity index (χ4v) is 1.65. The predicted molar refractivity (Wildman–Crippen MR) is 71.3 cm³/mol. The lowest BCUT2D eigenvalue weighted by Crippen LogP contribution is -2.02. The topological polar surface area (TPSA) is 89.7 Å². The summed E-state index contributed by atoms with van der Waals surface area (Å²) >= 11 is 0. The number of aromatic carboxylic acids is 1. The van der Waals surface area contributed by atoms with Crippen molar-refractivity contribution < 1.29 is 19.6 Å². The van der Waals surface area contributed by atoms with Crippen LogP contribution in [-0.4, -0.2) is 16.0 Å². The second-order valence-electron chi connectivity index (χ2n) is 4.16. The van der Waals surface area contributed by atoms with Gasteiger partial charge < -0.3 is 9.84 Å². The van der Waals surface area contributed by atoms with Crippen molar-refractivity contribution in [3.05, 3.63) is 63.7 Å². The van der Waals surface area contributed by atoms with E-state index in [1.165, 1.54) is 6.07 Å². The van der Waals surface area contributed by atoms with E-state index in [2.05, 4.69) is 0 Å². The summed E-state index contributed by atoms with van der Waals surface area (Å²) in [7, 11) is 0. The smallest absolute Gasteiger partial charge is 0.342 e. The van der Waals surface area contributed by atoms with Crippen molar-refractivity contribution >= 4 is 11.7 Å². The second-order valence-corrected chi connectivity index (χ2v) is 4.16. The molecule has 0 saturated heterocycles. The van der Waals surface area contributed by atoms with Gasteiger partial charge in [-0.2, -0.15) is 0 Å². The van der Waals surface area contributed by atoms with E-state index in [0.29, 0.717) is 5.75 Å². The van der Waals surface area contributed by atoms with Crippen molar-refractivity contribution in [1.29, 1.82) is 0 Å². The molecule has 0 aliphatic heterocycles. The van der Waals surface area contributed by atoms with Crippen molar-refractivity contribution in [1.82, 2.24) is 0 Å². The first-order chi connectivity index (χ1) is 9.47. The summed E-state index contributed by atoms with van der Waals surface area (Å²) in [6.45, 7) is 1.93. The van der Waals surface area contributed by atoms with E-state index in [0.717, 1.165) is 17.7 Å². The number of hydrogen-bond acceptors (Lipinski definition) is 4. The summed E-state index contributed by atoms with van der Waals surface area (Å²) in [6.07, 6.45) is 0. The van der Waals surface area contributed by atoms with E-state index in [1.807, 2.05) is 19.1 Å². The number of benzene rings is 2. The van der Waals surface area contributed by atoms with Gasteiger partial charge in [0, 0.05) is 0 Å². The molecule has 0 aliphatic rings. The van der Waals surface area contributed by atoms with Crippen molar-refractivity contribution in [2.75, 3.05) is 0 Å². The lowest BCUT2D eigenvalue weighted by atomic mass is 10.1. The van der Waals surface area contributed by atoms with Gasteiger partial charge in [-0.15, -0.1) is 0 Å². The third-order valence-corrected chi connectivity index (χ3v) is 2.65. The summed E-state index contributed by atoms with van der Waals surface area (Å²) in [4.78, 5) is 21.0. The van der Waals surface area contributed by atoms with Crippen molar-refractivity contribution in [3.63, 3.8) is 0 Å². The Hall–Kier alpha value is -2.89. The van der Waals surface area contributed by atoms with E-state index in [-0.39, 0.29) is 11.3 Å². The van der Waals surface area contributed by atoms with E-state index >= 15 is 0 Å². The summed E-state index contributed by atoms with van der Waals surface area (Å²) in [6, 6.07) is 10.8. The first-order valence-electron chi connectivity index (χ1n) is 5.73. The van der Waals surface area contributed by atoms with Gasteiger partial charge >= 0.3 is 5.97 Å². The molecule has 20 heavy (non-hydrogen) atoms. The maximum Gasteiger partial charge on any atom is 0.342 e. The molecule has 0 saturated carbocycles. The van der Waals surface area contributed by atoms with Crippen molar-refractivity contribution in [3.8, 4) is 11.5 Å². The van der Waals surface area contributed by atoms with Crippen LogP contribution in [0.25, 0.3) is 0 Å². The zero-order valence-corrected chi connectivity index (χ0v) is 10.6. The molecule has 0 aromatic heterocycles. The average Bonchev–Trinajstić information content (AvgIpc) is 2.41. The molecule has 0 bridgehead atoms. The minimum Gasteiger partial charge on any atom is -0.477 e. The maximum absolute atomic E-state index is 10.9.